The Kier molecular flexibility index (Phi) is 8.02. The molecule has 1 amide bonds. The lowest BCUT2D eigenvalue weighted by atomic mass is 9.94. The molecule has 3 heterocycles. The van der Waals surface area contributed by atoms with E-state index in [0.717, 1.165) is 29.1 Å². The first kappa shape index (κ1) is 29.6. The predicted octanol–water partition coefficient (Wildman–Crippen LogP) is 7.21. The molecule has 0 aliphatic carbocycles. The SMILES string of the molecule is CCOc1cc(C2C(=C(O)c3ccc4c(c3)CC(C)O4)C(=O)C(=O)N2c2nc3ccc(F)cc3s2)ccc1OCCC(C)C. The summed E-state index contributed by atoms with van der Waals surface area (Å²) < 4.78 is 32.3. The van der Waals surface area contributed by atoms with Gasteiger partial charge in [-0.2, -0.15) is 0 Å². The van der Waals surface area contributed by atoms with E-state index in [0.29, 0.717) is 58.4 Å². The van der Waals surface area contributed by atoms with Gasteiger partial charge < -0.3 is 19.3 Å². The molecular weight excluding hydrogens is 583 g/mol. The third kappa shape index (κ3) is 5.50. The minimum Gasteiger partial charge on any atom is -0.507 e. The number of aromatic nitrogens is 1. The standard InChI is InChI=1S/C34H33FN2O6S/c1-5-41-27-16-20(6-11-26(27)42-13-12-18(2)3)30-29(31(38)21-7-10-25-22(15-21)14-19(4)43-25)32(39)33(40)37(30)34-36-24-9-8-23(35)17-28(24)44-34/h6-11,15-19,30,38H,5,12-14H2,1-4H3. The highest BCUT2D eigenvalue weighted by Gasteiger charge is 2.48. The average Bonchev–Trinajstić information content (AvgIpc) is 3.65. The number of carbonyl (C=O) groups excluding carboxylic acids is 2. The number of hydrogen-bond acceptors (Lipinski definition) is 8. The normalized spacial score (nSPS) is 19.1. The zero-order chi connectivity index (χ0) is 31.1. The zero-order valence-corrected chi connectivity index (χ0v) is 25.7. The number of carbonyl (C=O) groups is 2. The molecule has 2 aliphatic heterocycles. The number of aliphatic hydroxyl groups excluding tert-OH is 1. The molecule has 4 aromatic rings. The lowest BCUT2D eigenvalue weighted by Crippen LogP contribution is -2.29. The van der Waals surface area contributed by atoms with Crippen LogP contribution in [0.1, 0.15) is 56.8 Å². The van der Waals surface area contributed by atoms with Crippen LogP contribution in [-0.2, 0) is 16.0 Å². The molecule has 0 saturated carbocycles. The minimum atomic E-state index is -1.03. The van der Waals surface area contributed by atoms with E-state index >= 15 is 0 Å². The van der Waals surface area contributed by atoms with Crippen LogP contribution in [-0.4, -0.2) is 41.1 Å². The van der Waals surface area contributed by atoms with Crippen molar-refractivity contribution in [1.82, 2.24) is 4.98 Å². The number of ether oxygens (including phenoxy) is 3. The van der Waals surface area contributed by atoms with E-state index < -0.39 is 23.5 Å². The monoisotopic (exact) mass is 616 g/mol. The summed E-state index contributed by atoms with van der Waals surface area (Å²) in [5.41, 5.74) is 2.23. The second-order valence-electron chi connectivity index (χ2n) is 11.4. The Hall–Kier alpha value is -4.44. The third-order valence-electron chi connectivity index (χ3n) is 7.70. The highest BCUT2D eigenvalue weighted by atomic mass is 32.1. The summed E-state index contributed by atoms with van der Waals surface area (Å²) in [4.78, 5) is 33.3. The number of aliphatic hydroxyl groups is 1. The average molecular weight is 617 g/mol. The summed E-state index contributed by atoms with van der Waals surface area (Å²) >= 11 is 1.10. The predicted molar refractivity (Wildman–Crippen MR) is 167 cm³/mol. The van der Waals surface area contributed by atoms with E-state index in [1.165, 1.54) is 23.1 Å². The molecule has 1 fully saturated rings. The quantitative estimate of drug-likeness (QED) is 0.121. The van der Waals surface area contributed by atoms with Gasteiger partial charge in [-0.05, 0) is 85.8 Å². The summed E-state index contributed by atoms with van der Waals surface area (Å²) in [5, 5.41) is 11.9. The van der Waals surface area contributed by atoms with E-state index in [1.54, 1.807) is 36.4 Å². The first-order chi connectivity index (χ1) is 21.1. The minimum absolute atomic E-state index is 0.00453. The van der Waals surface area contributed by atoms with Crippen molar-refractivity contribution in [3.8, 4) is 17.2 Å². The van der Waals surface area contributed by atoms with Crippen molar-refractivity contribution < 1.29 is 33.3 Å². The van der Waals surface area contributed by atoms with E-state index in [4.69, 9.17) is 14.2 Å². The van der Waals surface area contributed by atoms with Crippen LogP contribution in [0.3, 0.4) is 0 Å². The number of Topliss-reactive ketones (excluding diaryl/α,β-unsaturated/α-hetero) is 1. The summed E-state index contributed by atoms with van der Waals surface area (Å²) in [6, 6.07) is 13.6. The van der Waals surface area contributed by atoms with Crippen LogP contribution in [0.25, 0.3) is 16.0 Å². The van der Waals surface area contributed by atoms with Crippen molar-refractivity contribution in [2.24, 2.45) is 5.92 Å². The van der Waals surface area contributed by atoms with Gasteiger partial charge in [-0.15, -0.1) is 0 Å². The van der Waals surface area contributed by atoms with Gasteiger partial charge in [-0.3, -0.25) is 14.5 Å². The van der Waals surface area contributed by atoms with Crippen LogP contribution < -0.4 is 19.1 Å². The number of nitrogens with zero attached hydrogens (tertiary/aromatic N) is 2. The summed E-state index contributed by atoms with van der Waals surface area (Å²) in [7, 11) is 0. The lowest BCUT2D eigenvalue weighted by molar-refractivity contribution is -0.132. The first-order valence-corrected chi connectivity index (χ1v) is 15.5. The van der Waals surface area contributed by atoms with Gasteiger partial charge in [-0.1, -0.05) is 31.3 Å². The number of rotatable bonds is 9. The van der Waals surface area contributed by atoms with Crippen LogP contribution in [0.2, 0.25) is 0 Å². The van der Waals surface area contributed by atoms with Crippen molar-refractivity contribution in [1.29, 1.82) is 0 Å². The molecule has 1 saturated heterocycles. The fourth-order valence-electron chi connectivity index (χ4n) is 5.55. The molecule has 0 bridgehead atoms. The molecule has 0 radical (unpaired) electrons. The molecule has 44 heavy (non-hydrogen) atoms. The van der Waals surface area contributed by atoms with E-state index in [1.807, 2.05) is 13.8 Å². The maximum absolute atomic E-state index is 14.0. The molecule has 228 valence electrons. The summed E-state index contributed by atoms with van der Waals surface area (Å²) in [6.45, 7) is 8.91. The topological polar surface area (TPSA) is 98.2 Å². The number of benzene rings is 3. The highest BCUT2D eigenvalue weighted by molar-refractivity contribution is 7.22. The van der Waals surface area contributed by atoms with Gasteiger partial charge in [0.2, 0.25) is 0 Å². The zero-order valence-electron chi connectivity index (χ0n) is 24.9. The van der Waals surface area contributed by atoms with E-state index in [-0.39, 0.29) is 22.6 Å². The van der Waals surface area contributed by atoms with E-state index in [2.05, 4.69) is 18.8 Å². The number of ketones is 1. The van der Waals surface area contributed by atoms with Gasteiger partial charge in [0.15, 0.2) is 16.6 Å². The highest BCUT2D eigenvalue weighted by Crippen LogP contribution is 2.46. The number of amides is 1. The Bertz CT molecular complexity index is 1800. The maximum atomic E-state index is 14.0. The Morgan fingerprint density at radius 1 is 1.11 bits per heavy atom. The molecule has 2 aliphatic rings. The fourth-order valence-corrected chi connectivity index (χ4v) is 6.56. The molecule has 6 rings (SSSR count). The van der Waals surface area contributed by atoms with Crippen molar-refractivity contribution in [3.05, 3.63) is 82.7 Å². The molecule has 2 atom stereocenters. The van der Waals surface area contributed by atoms with E-state index in [9.17, 15) is 19.1 Å². The number of anilines is 1. The van der Waals surface area contributed by atoms with Gasteiger partial charge >= 0.3 is 5.91 Å². The molecule has 8 nitrogen and oxygen atoms in total. The Morgan fingerprint density at radius 3 is 2.70 bits per heavy atom. The molecule has 1 aromatic heterocycles. The van der Waals surface area contributed by atoms with Gasteiger partial charge in [0.1, 0.15) is 23.4 Å². The second-order valence-corrected chi connectivity index (χ2v) is 12.4. The molecule has 2 unspecified atom stereocenters. The summed E-state index contributed by atoms with van der Waals surface area (Å²) in [6.07, 6.45) is 1.51. The van der Waals surface area contributed by atoms with Crippen LogP contribution in [0.5, 0.6) is 17.2 Å². The maximum Gasteiger partial charge on any atom is 0.301 e. The van der Waals surface area contributed by atoms with Gasteiger partial charge in [0, 0.05) is 12.0 Å². The van der Waals surface area contributed by atoms with Crippen LogP contribution >= 0.6 is 11.3 Å². The number of fused-ring (bicyclic) bond motifs is 2. The Balaban J connectivity index is 1.50. The van der Waals surface area contributed by atoms with Gasteiger partial charge in [0.25, 0.3) is 5.78 Å². The summed E-state index contributed by atoms with van der Waals surface area (Å²) in [5.74, 6) is -0.257. The molecule has 3 aromatic carbocycles. The van der Waals surface area contributed by atoms with Crippen LogP contribution in [0.4, 0.5) is 9.52 Å². The molecular formula is C34H33FN2O6S. The van der Waals surface area contributed by atoms with Crippen molar-refractivity contribution >= 4 is 44.1 Å². The fraction of sp³-hybridized carbons (Fsp3) is 0.324. The second kappa shape index (κ2) is 11.9. The largest absolute Gasteiger partial charge is 0.507 e. The molecule has 10 heteroatoms. The number of thiazole rings is 1. The molecule has 0 spiro atoms. The van der Waals surface area contributed by atoms with Crippen molar-refractivity contribution in [2.45, 2.75) is 52.7 Å². The van der Waals surface area contributed by atoms with Crippen LogP contribution in [0, 0.1) is 11.7 Å². The Morgan fingerprint density at radius 2 is 1.93 bits per heavy atom. The number of hydrogen-bond donors (Lipinski definition) is 1. The van der Waals surface area contributed by atoms with Gasteiger partial charge in [0.05, 0.1) is 35.0 Å². The lowest BCUT2D eigenvalue weighted by Gasteiger charge is -2.24. The van der Waals surface area contributed by atoms with Gasteiger partial charge in [-0.25, -0.2) is 9.37 Å². The van der Waals surface area contributed by atoms with Crippen molar-refractivity contribution in [3.63, 3.8) is 0 Å². The van der Waals surface area contributed by atoms with Crippen LogP contribution in [0.15, 0.2) is 60.2 Å². The molecule has 1 N–H and O–H groups in total. The van der Waals surface area contributed by atoms with Crippen molar-refractivity contribution in [2.75, 3.05) is 18.1 Å². The smallest absolute Gasteiger partial charge is 0.301 e. The Labute approximate surface area is 258 Å². The third-order valence-corrected chi connectivity index (χ3v) is 8.71. The first-order valence-electron chi connectivity index (χ1n) is 14.7. The number of halogens is 1.